The predicted octanol–water partition coefficient (Wildman–Crippen LogP) is 4.39. The molecule has 1 aliphatic rings. The van der Waals surface area contributed by atoms with Crippen LogP contribution in [0.25, 0.3) is 0 Å². The summed E-state index contributed by atoms with van der Waals surface area (Å²) in [4.78, 5) is 28.7. The summed E-state index contributed by atoms with van der Waals surface area (Å²) >= 11 is 1.57. The van der Waals surface area contributed by atoms with Crippen molar-refractivity contribution in [2.24, 2.45) is 0 Å². The van der Waals surface area contributed by atoms with Crippen molar-refractivity contribution in [3.8, 4) is 11.5 Å². The predicted molar refractivity (Wildman–Crippen MR) is 109 cm³/mol. The van der Waals surface area contributed by atoms with E-state index in [0.717, 1.165) is 9.79 Å². The molecule has 0 aromatic heterocycles. The molecule has 0 saturated heterocycles. The van der Waals surface area contributed by atoms with Gasteiger partial charge in [-0.2, -0.15) is 0 Å². The fraction of sp³-hybridized carbons (Fsp3) is 0.0909. The Kier molecular flexibility index (Phi) is 4.90. The number of fused-ring (bicyclic) bond motifs is 2. The molecule has 0 fully saturated rings. The number of amides is 1. The third kappa shape index (κ3) is 3.40. The number of carbonyl (C=O) groups excluding carboxylic acids is 2. The number of carbonyl (C=O) groups is 2. The number of phenolic OH excluding ortho intramolecular Hbond substituents is 2. The number of hydrogen-bond acceptors (Lipinski definition) is 6. The van der Waals surface area contributed by atoms with E-state index < -0.39 is 24.2 Å². The lowest BCUT2D eigenvalue weighted by molar-refractivity contribution is -0.121. The second-order valence-electron chi connectivity index (χ2n) is 6.47. The molecular weight excluding hydrogens is 390 g/mol. The lowest BCUT2D eigenvalue weighted by Crippen LogP contribution is -2.32. The van der Waals surface area contributed by atoms with Gasteiger partial charge in [0.25, 0.3) is 5.91 Å². The number of phenols is 2. The number of ether oxygens (including phenoxy) is 1. The molecule has 0 bridgehead atoms. The third-order valence-electron chi connectivity index (χ3n) is 4.58. The average molecular weight is 407 g/mol. The average Bonchev–Trinajstić information content (AvgIpc) is 2.74. The molecule has 0 spiro atoms. The monoisotopic (exact) mass is 407 g/mol. The molecule has 3 aromatic carbocycles. The second-order valence-corrected chi connectivity index (χ2v) is 7.55. The summed E-state index contributed by atoms with van der Waals surface area (Å²) in [5.74, 6) is -2.26. The molecule has 0 unspecified atom stereocenters. The molecule has 6 nitrogen and oxygen atoms in total. The first-order valence-corrected chi connectivity index (χ1v) is 9.66. The van der Waals surface area contributed by atoms with Crippen LogP contribution in [0.4, 0.5) is 11.4 Å². The minimum atomic E-state index is -0.890. The largest absolute Gasteiger partial charge is 0.504 e. The lowest BCUT2D eigenvalue weighted by Gasteiger charge is -2.30. The summed E-state index contributed by atoms with van der Waals surface area (Å²) in [7, 11) is 0. The van der Waals surface area contributed by atoms with Gasteiger partial charge in [-0.15, -0.1) is 0 Å². The molecule has 0 aliphatic carbocycles. The van der Waals surface area contributed by atoms with Crippen LogP contribution in [-0.2, 0) is 9.53 Å². The zero-order valence-electron chi connectivity index (χ0n) is 15.5. The van der Waals surface area contributed by atoms with E-state index in [1.807, 2.05) is 48.5 Å². The van der Waals surface area contributed by atoms with Crippen LogP contribution in [0, 0.1) is 6.92 Å². The maximum Gasteiger partial charge on any atom is 0.342 e. The van der Waals surface area contributed by atoms with Crippen molar-refractivity contribution in [3.63, 3.8) is 0 Å². The quantitative estimate of drug-likeness (QED) is 0.495. The van der Waals surface area contributed by atoms with Crippen molar-refractivity contribution in [2.45, 2.75) is 16.7 Å². The molecule has 7 heteroatoms. The summed E-state index contributed by atoms with van der Waals surface area (Å²) in [5.41, 5.74) is 1.66. The fourth-order valence-electron chi connectivity index (χ4n) is 3.09. The summed E-state index contributed by atoms with van der Waals surface area (Å²) in [6.07, 6.45) is 0. The SMILES string of the molecule is Cc1ccc(C(=O)OCC(=O)N2c3ccccc3Sc3ccccc32)c(O)c1O. The molecule has 1 heterocycles. The minimum absolute atomic E-state index is 0.198. The smallest absolute Gasteiger partial charge is 0.342 e. The Morgan fingerprint density at radius 3 is 2.10 bits per heavy atom. The van der Waals surface area contributed by atoms with Gasteiger partial charge in [0.15, 0.2) is 18.1 Å². The molecule has 29 heavy (non-hydrogen) atoms. The van der Waals surface area contributed by atoms with Crippen molar-refractivity contribution in [2.75, 3.05) is 11.5 Å². The van der Waals surface area contributed by atoms with Gasteiger partial charge < -0.3 is 14.9 Å². The van der Waals surface area contributed by atoms with Gasteiger partial charge >= 0.3 is 5.97 Å². The second kappa shape index (κ2) is 7.52. The molecule has 1 amide bonds. The van der Waals surface area contributed by atoms with Crippen molar-refractivity contribution in [1.82, 2.24) is 0 Å². The molecule has 146 valence electrons. The molecule has 0 saturated carbocycles. The van der Waals surface area contributed by atoms with E-state index in [0.29, 0.717) is 16.9 Å². The standard InChI is InChI=1S/C22H17NO5S/c1-13-10-11-14(21(26)20(13)25)22(27)28-12-19(24)23-15-6-2-4-8-17(15)29-18-9-5-3-7-16(18)23/h2-11,25-26H,12H2,1H3. The van der Waals surface area contributed by atoms with Crippen LogP contribution in [0.3, 0.4) is 0 Å². The fourth-order valence-corrected chi connectivity index (χ4v) is 4.15. The topological polar surface area (TPSA) is 87.1 Å². The highest BCUT2D eigenvalue weighted by atomic mass is 32.2. The van der Waals surface area contributed by atoms with Gasteiger partial charge in [0.1, 0.15) is 5.56 Å². The zero-order chi connectivity index (χ0) is 20.5. The number of hydrogen-bond donors (Lipinski definition) is 2. The molecule has 0 atom stereocenters. The first kappa shape index (κ1) is 18.9. The van der Waals surface area contributed by atoms with Crippen molar-refractivity contribution in [3.05, 3.63) is 71.8 Å². The Balaban J connectivity index is 1.58. The van der Waals surface area contributed by atoms with Crippen LogP contribution in [-0.4, -0.2) is 28.7 Å². The highest BCUT2D eigenvalue weighted by Crippen LogP contribution is 2.47. The van der Waals surface area contributed by atoms with E-state index in [4.69, 9.17) is 4.74 Å². The van der Waals surface area contributed by atoms with Crippen molar-refractivity contribution >= 4 is 35.0 Å². The minimum Gasteiger partial charge on any atom is -0.504 e. The van der Waals surface area contributed by atoms with Gasteiger partial charge in [-0.25, -0.2) is 4.79 Å². The molecule has 4 rings (SSSR count). The highest BCUT2D eigenvalue weighted by Gasteiger charge is 2.29. The van der Waals surface area contributed by atoms with Gasteiger partial charge in [0.2, 0.25) is 0 Å². The van der Waals surface area contributed by atoms with Crippen LogP contribution < -0.4 is 4.90 Å². The molecular formula is C22H17NO5S. The van der Waals surface area contributed by atoms with E-state index in [1.54, 1.807) is 18.7 Å². The summed E-state index contributed by atoms with van der Waals surface area (Å²) in [5, 5.41) is 19.8. The van der Waals surface area contributed by atoms with Crippen LogP contribution >= 0.6 is 11.8 Å². The van der Waals surface area contributed by atoms with Crippen LogP contribution in [0.15, 0.2) is 70.5 Å². The Hall–Kier alpha value is -3.45. The van der Waals surface area contributed by atoms with Gasteiger partial charge in [-0.3, -0.25) is 9.69 Å². The van der Waals surface area contributed by atoms with E-state index >= 15 is 0 Å². The Bertz CT molecular complexity index is 1080. The lowest BCUT2D eigenvalue weighted by atomic mass is 10.1. The number of esters is 1. The third-order valence-corrected chi connectivity index (χ3v) is 5.71. The van der Waals surface area contributed by atoms with E-state index in [-0.39, 0.29) is 11.3 Å². The van der Waals surface area contributed by atoms with E-state index in [2.05, 4.69) is 0 Å². The molecule has 0 radical (unpaired) electrons. The zero-order valence-corrected chi connectivity index (χ0v) is 16.3. The van der Waals surface area contributed by atoms with E-state index in [9.17, 15) is 19.8 Å². The highest BCUT2D eigenvalue weighted by molar-refractivity contribution is 7.99. The number of nitrogens with zero attached hydrogens (tertiary/aromatic N) is 1. The van der Waals surface area contributed by atoms with Crippen LogP contribution in [0.5, 0.6) is 11.5 Å². The summed E-state index contributed by atoms with van der Waals surface area (Å²) in [6, 6.07) is 17.8. The Morgan fingerprint density at radius 2 is 1.48 bits per heavy atom. The van der Waals surface area contributed by atoms with Crippen molar-refractivity contribution < 1.29 is 24.5 Å². The number of aryl methyl sites for hydroxylation is 1. The normalized spacial score (nSPS) is 12.1. The van der Waals surface area contributed by atoms with Crippen LogP contribution in [0.2, 0.25) is 0 Å². The van der Waals surface area contributed by atoms with Gasteiger partial charge in [-0.1, -0.05) is 42.1 Å². The first-order valence-electron chi connectivity index (χ1n) is 8.85. The number of benzene rings is 3. The van der Waals surface area contributed by atoms with Gasteiger partial charge in [0.05, 0.1) is 11.4 Å². The van der Waals surface area contributed by atoms with Crippen molar-refractivity contribution in [1.29, 1.82) is 0 Å². The molecule has 3 aromatic rings. The Morgan fingerprint density at radius 1 is 0.897 bits per heavy atom. The first-order chi connectivity index (χ1) is 14.0. The number of aromatic hydroxyl groups is 2. The molecule has 2 N–H and O–H groups in total. The number of para-hydroxylation sites is 2. The van der Waals surface area contributed by atoms with Gasteiger partial charge in [0, 0.05) is 9.79 Å². The van der Waals surface area contributed by atoms with Crippen LogP contribution in [0.1, 0.15) is 15.9 Å². The number of anilines is 2. The molecule has 1 aliphatic heterocycles. The maximum atomic E-state index is 13.0. The van der Waals surface area contributed by atoms with E-state index in [1.165, 1.54) is 17.0 Å². The summed E-state index contributed by atoms with van der Waals surface area (Å²) in [6.45, 7) is 1.08. The Labute approximate surface area is 171 Å². The number of rotatable bonds is 3. The summed E-state index contributed by atoms with van der Waals surface area (Å²) < 4.78 is 5.14. The van der Waals surface area contributed by atoms with Gasteiger partial charge in [-0.05, 0) is 42.8 Å². The maximum absolute atomic E-state index is 13.0.